The molecule has 0 aromatic rings. The van der Waals surface area contributed by atoms with Gasteiger partial charge in [0.1, 0.15) is 5.60 Å². The second-order valence-electron chi connectivity index (χ2n) is 4.48. The minimum absolute atomic E-state index is 0.0815. The van der Waals surface area contributed by atoms with Crippen molar-refractivity contribution in [3.63, 3.8) is 0 Å². The van der Waals surface area contributed by atoms with E-state index in [4.69, 9.17) is 4.74 Å². The molecule has 0 bridgehead atoms. The van der Waals surface area contributed by atoms with Gasteiger partial charge in [-0.05, 0) is 27.7 Å². The zero-order valence-corrected chi connectivity index (χ0v) is 10.8. The molecule has 0 radical (unpaired) electrons. The van der Waals surface area contributed by atoms with Crippen LogP contribution >= 0.6 is 0 Å². The molecule has 0 spiro atoms. The molecule has 94 valence electrons. The molecule has 0 aliphatic heterocycles. The van der Waals surface area contributed by atoms with Gasteiger partial charge in [-0.2, -0.15) is 0 Å². The highest BCUT2D eigenvalue weighted by atomic mass is 16.6. The number of hydrogen-bond acceptors (Lipinski definition) is 3. The molecule has 0 unspecified atom stereocenters. The van der Waals surface area contributed by atoms with Crippen LogP contribution in [0.15, 0.2) is 0 Å². The normalized spacial score (nSPS) is 10.8. The van der Waals surface area contributed by atoms with Gasteiger partial charge >= 0.3 is 6.09 Å². The van der Waals surface area contributed by atoms with E-state index in [1.807, 2.05) is 27.7 Å². The molecule has 0 aliphatic carbocycles. The van der Waals surface area contributed by atoms with Crippen LogP contribution in [0, 0.1) is 0 Å². The summed E-state index contributed by atoms with van der Waals surface area (Å²) in [7, 11) is 1.58. The molecule has 0 saturated heterocycles. The van der Waals surface area contributed by atoms with Crippen LogP contribution in [0.4, 0.5) is 4.79 Å². The lowest BCUT2D eigenvalue weighted by atomic mass is 10.2. The van der Waals surface area contributed by atoms with Crippen LogP contribution in [-0.4, -0.2) is 42.6 Å². The maximum absolute atomic E-state index is 11.7. The van der Waals surface area contributed by atoms with Crippen LogP contribution in [0.2, 0.25) is 0 Å². The monoisotopic (exact) mass is 230 g/mol. The van der Waals surface area contributed by atoms with Crippen molar-refractivity contribution < 1.29 is 14.3 Å². The highest BCUT2D eigenvalue weighted by Crippen LogP contribution is 2.09. The topological polar surface area (TPSA) is 58.6 Å². The van der Waals surface area contributed by atoms with Gasteiger partial charge in [0.05, 0.1) is 0 Å². The zero-order chi connectivity index (χ0) is 12.8. The number of hydrogen-bond donors (Lipinski definition) is 1. The number of nitrogens with zero attached hydrogens (tertiary/aromatic N) is 1. The summed E-state index contributed by atoms with van der Waals surface area (Å²) in [6.45, 7) is 8.22. The summed E-state index contributed by atoms with van der Waals surface area (Å²) in [6, 6.07) is 0. The second kappa shape index (κ2) is 6.35. The Morgan fingerprint density at radius 3 is 2.25 bits per heavy atom. The Balaban J connectivity index is 4.17. The van der Waals surface area contributed by atoms with Crippen molar-refractivity contribution in [1.82, 2.24) is 10.2 Å². The first-order valence-electron chi connectivity index (χ1n) is 5.48. The third kappa shape index (κ3) is 6.27. The van der Waals surface area contributed by atoms with E-state index in [0.29, 0.717) is 19.5 Å². The fourth-order valence-electron chi connectivity index (χ4n) is 1.07. The summed E-state index contributed by atoms with van der Waals surface area (Å²) in [6.07, 6.45) is -0.0808. The molecule has 0 fully saturated rings. The molecule has 16 heavy (non-hydrogen) atoms. The summed E-state index contributed by atoms with van der Waals surface area (Å²) in [4.78, 5) is 24.2. The minimum Gasteiger partial charge on any atom is -0.444 e. The van der Waals surface area contributed by atoms with Crippen molar-refractivity contribution in [2.75, 3.05) is 20.1 Å². The van der Waals surface area contributed by atoms with E-state index in [1.54, 1.807) is 7.05 Å². The van der Waals surface area contributed by atoms with Crippen molar-refractivity contribution >= 4 is 12.0 Å². The average Bonchev–Trinajstić information content (AvgIpc) is 2.15. The molecule has 0 aromatic heterocycles. The average molecular weight is 230 g/mol. The third-order valence-corrected chi connectivity index (χ3v) is 1.92. The Morgan fingerprint density at radius 2 is 1.88 bits per heavy atom. The van der Waals surface area contributed by atoms with Gasteiger partial charge in [0.25, 0.3) is 0 Å². The van der Waals surface area contributed by atoms with Gasteiger partial charge in [-0.1, -0.05) is 0 Å². The minimum atomic E-state index is -0.502. The van der Waals surface area contributed by atoms with Gasteiger partial charge in [0.2, 0.25) is 5.91 Å². The van der Waals surface area contributed by atoms with E-state index in [1.165, 1.54) is 4.90 Å². The first-order chi connectivity index (χ1) is 7.30. The third-order valence-electron chi connectivity index (χ3n) is 1.92. The molecule has 1 N–H and O–H groups in total. The lowest BCUT2D eigenvalue weighted by Gasteiger charge is -2.26. The van der Waals surface area contributed by atoms with Crippen molar-refractivity contribution in [3.05, 3.63) is 0 Å². The van der Waals surface area contributed by atoms with Crippen molar-refractivity contribution in [2.24, 2.45) is 0 Å². The predicted molar refractivity (Wildman–Crippen MR) is 62.2 cm³/mol. The molecule has 0 rings (SSSR count). The second-order valence-corrected chi connectivity index (χ2v) is 4.48. The molecule has 2 amide bonds. The quantitative estimate of drug-likeness (QED) is 0.793. The van der Waals surface area contributed by atoms with Gasteiger partial charge in [-0.25, -0.2) is 4.79 Å². The van der Waals surface area contributed by atoms with E-state index < -0.39 is 5.60 Å². The molecule has 0 heterocycles. The summed E-state index contributed by atoms with van der Waals surface area (Å²) in [5, 5.41) is 2.51. The van der Waals surface area contributed by atoms with Gasteiger partial charge in [0.15, 0.2) is 0 Å². The molecule has 0 aromatic carbocycles. The van der Waals surface area contributed by atoms with Crippen molar-refractivity contribution in [1.29, 1.82) is 0 Å². The van der Waals surface area contributed by atoms with E-state index in [9.17, 15) is 9.59 Å². The largest absolute Gasteiger partial charge is 0.444 e. The number of ether oxygens (including phenoxy) is 1. The first-order valence-corrected chi connectivity index (χ1v) is 5.48. The van der Waals surface area contributed by atoms with Gasteiger partial charge in [-0.15, -0.1) is 0 Å². The number of rotatable bonds is 4. The van der Waals surface area contributed by atoms with Crippen LogP contribution < -0.4 is 5.32 Å². The van der Waals surface area contributed by atoms with E-state index >= 15 is 0 Å². The molecule has 5 heteroatoms. The smallest absolute Gasteiger partial charge is 0.410 e. The van der Waals surface area contributed by atoms with Crippen LogP contribution in [0.1, 0.15) is 34.1 Å². The number of carbonyl (C=O) groups excluding carboxylic acids is 2. The van der Waals surface area contributed by atoms with E-state index in [0.717, 1.165) is 0 Å². The Morgan fingerprint density at radius 1 is 1.31 bits per heavy atom. The lowest BCUT2D eigenvalue weighted by Crippen LogP contribution is -2.38. The Kier molecular flexibility index (Phi) is 5.85. The number of amides is 2. The van der Waals surface area contributed by atoms with Gasteiger partial charge in [0, 0.05) is 26.6 Å². The molecular formula is C11H22N2O3. The standard InChI is InChI=1S/C11H22N2O3/c1-6-13(8-7-9(14)12-5)10(15)16-11(2,3)4/h6-8H2,1-5H3,(H,12,14). The van der Waals surface area contributed by atoms with Crippen LogP contribution in [0.25, 0.3) is 0 Å². The maximum Gasteiger partial charge on any atom is 0.410 e. The molecule has 0 saturated carbocycles. The molecular weight excluding hydrogens is 208 g/mol. The SMILES string of the molecule is CCN(CCC(=O)NC)C(=O)OC(C)(C)C. The van der Waals surface area contributed by atoms with E-state index in [2.05, 4.69) is 5.32 Å². The summed E-state index contributed by atoms with van der Waals surface area (Å²) in [5.41, 5.74) is -0.502. The van der Waals surface area contributed by atoms with Crippen LogP contribution in [-0.2, 0) is 9.53 Å². The van der Waals surface area contributed by atoms with Gasteiger partial charge in [-0.3, -0.25) is 4.79 Å². The fourth-order valence-corrected chi connectivity index (χ4v) is 1.07. The number of carbonyl (C=O) groups is 2. The van der Waals surface area contributed by atoms with E-state index in [-0.39, 0.29) is 12.0 Å². The highest BCUT2D eigenvalue weighted by Gasteiger charge is 2.21. The Bertz CT molecular complexity index is 246. The summed E-state index contributed by atoms with van der Waals surface area (Å²) < 4.78 is 5.21. The highest BCUT2D eigenvalue weighted by molar-refractivity contribution is 5.76. The predicted octanol–water partition coefficient (Wildman–Crippen LogP) is 1.38. The Labute approximate surface area is 97.1 Å². The first kappa shape index (κ1) is 14.7. The molecule has 5 nitrogen and oxygen atoms in total. The summed E-state index contributed by atoms with van der Waals surface area (Å²) >= 11 is 0. The van der Waals surface area contributed by atoms with Crippen LogP contribution in [0.5, 0.6) is 0 Å². The maximum atomic E-state index is 11.7. The van der Waals surface area contributed by atoms with Gasteiger partial charge < -0.3 is 15.0 Å². The molecule has 0 aliphatic rings. The lowest BCUT2D eigenvalue weighted by molar-refractivity contribution is -0.120. The Hall–Kier alpha value is -1.26. The fraction of sp³-hybridized carbons (Fsp3) is 0.818. The van der Waals surface area contributed by atoms with Crippen molar-refractivity contribution in [2.45, 2.75) is 39.7 Å². The molecule has 0 atom stereocenters. The van der Waals surface area contributed by atoms with Crippen molar-refractivity contribution in [3.8, 4) is 0 Å². The summed E-state index contributed by atoms with van der Waals surface area (Å²) in [5.74, 6) is -0.0815. The van der Waals surface area contributed by atoms with Crippen LogP contribution in [0.3, 0.4) is 0 Å². The number of nitrogens with one attached hydrogen (secondary N) is 1. The zero-order valence-electron chi connectivity index (χ0n) is 10.8.